The molecule has 0 saturated carbocycles. The van der Waals surface area contributed by atoms with Gasteiger partial charge in [-0.25, -0.2) is 13.8 Å². The molecule has 24 heavy (non-hydrogen) atoms. The fourth-order valence-electron chi connectivity index (χ4n) is 2.59. The van der Waals surface area contributed by atoms with E-state index in [1.807, 2.05) is 6.07 Å². The monoisotopic (exact) mass is 322 g/mol. The molecule has 4 aromatic rings. The Bertz CT molecular complexity index is 1220. The van der Waals surface area contributed by atoms with Gasteiger partial charge in [-0.2, -0.15) is 5.26 Å². The van der Waals surface area contributed by atoms with Crippen LogP contribution in [0, 0.1) is 23.0 Å². The Balaban J connectivity index is 1.95. The highest BCUT2D eigenvalue weighted by Gasteiger charge is 2.13. The predicted molar refractivity (Wildman–Crippen MR) is 84.3 cm³/mol. The van der Waals surface area contributed by atoms with Crippen LogP contribution in [0.4, 0.5) is 8.78 Å². The van der Waals surface area contributed by atoms with E-state index in [1.54, 1.807) is 24.3 Å². The number of nitrogens with one attached hydrogen (secondary N) is 2. The van der Waals surface area contributed by atoms with Crippen LogP contribution in [0.1, 0.15) is 5.56 Å². The Morgan fingerprint density at radius 3 is 2.58 bits per heavy atom. The zero-order valence-electron chi connectivity index (χ0n) is 12.0. The van der Waals surface area contributed by atoms with E-state index in [0.29, 0.717) is 11.3 Å². The van der Waals surface area contributed by atoms with Crippen LogP contribution in [0.5, 0.6) is 0 Å². The van der Waals surface area contributed by atoms with Gasteiger partial charge in [0.05, 0.1) is 28.4 Å². The lowest BCUT2D eigenvalue weighted by Crippen LogP contribution is -2.12. The summed E-state index contributed by atoms with van der Waals surface area (Å²) in [4.78, 5) is 21.9. The summed E-state index contributed by atoms with van der Waals surface area (Å²) in [5.74, 6) is -2.09. The highest BCUT2D eigenvalue weighted by atomic mass is 19.2. The quantitative estimate of drug-likeness (QED) is 0.564. The van der Waals surface area contributed by atoms with E-state index >= 15 is 0 Å². The van der Waals surface area contributed by atoms with Gasteiger partial charge in [0.2, 0.25) is 0 Å². The summed E-state index contributed by atoms with van der Waals surface area (Å²) in [5.41, 5.74) is 1.43. The fourth-order valence-corrected chi connectivity index (χ4v) is 2.59. The number of fused-ring (bicyclic) bond motifs is 2. The maximum atomic E-state index is 13.4. The van der Waals surface area contributed by atoms with E-state index in [-0.39, 0.29) is 16.7 Å². The number of nitriles is 1. The maximum Gasteiger partial charge on any atom is 0.276 e. The second kappa shape index (κ2) is 4.99. The van der Waals surface area contributed by atoms with Gasteiger partial charge in [-0.15, -0.1) is 0 Å². The third kappa shape index (κ3) is 2.13. The normalized spacial score (nSPS) is 11.0. The number of aromatic nitrogens is 3. The first kappa shape index (κ1) is 14.1. The van der Waals surface area contributed by atoms with Crippen LogP contribution in [0.3, 0.4) is 0 Å². The molecule has 2 aromatic heterocycles. The van der Waals surface area contributed by atoms with E-state index in [4.69, 9.17) is 5.26 Å². The molecular weight excluding hydrogens is 314 g/mol. The lowest BCUT2D eigenvalue weighted by atomic mass is 10.2. The van der Waals surface area contributed by atoms with Crippen LogP contribution in [0.15, 0.2) is 41.2 Å². The second-order valence-corrected chi connectivity index (χ2v) is 5.29. The lowest BCUT2D eigenvalue weighted by Gasteiger charge is -2.02. The Morgan fingerprint density at radius 1 is 1.00 bits per heavy atom. The standard InChI is InChI=1S/C17H8F2N4O/c18-10-5-13-14(6-11(10)19)23-17(24)16(22-13)15-4-9-3-8(7-20)1-2-12(9)21-15/h1-6,21H,(H,23,24). The Labute approximate surface area is 133 Å². The molecule has 5 nitrogen and oxygen atoms in total. The molecule has 0 fully saturated rings. The van der Waals surface area contributed by atoms with Crippen molar-refractivity contribution in [2.24, 2.45) is 0 Å². The first-order valence-corrected chi connectivity index (χ1v) is 6.97. The Kier molecular flexibility index (Phi) is 2.93. The summed E-state index contributed by atoms with van der Waals surface area (Å²) in [6, 6.07) is 10.6. The van der Waals surface area contributed by atoms with Crippen molar-refractivity contribution in [2.75, 3.05) is 0 Å². The minimum absolute atomic E-state index is 0.0585. The summed E-state index contributed by atoms with van der Waals surface area (Å²) in [6.45, 7) is 0. The number of nitrogens with zero attached hydrogens (tertiary/aromatic N) is 2. The largest absolute Gasteiger partial charge is 0.353 e. The highest BCUT2D eigenvalue weighted by molar-refractivity contribution is 5.87. The molecule has 0 unspecified atom stereocenters. The molecule has 4 rings (SSSR count). The number of hydrogen-bond acceptors (Lipinski definition) is 3. The van der Waals surface area contributed by atoms with E-state index < -0.39 is 17.2 Å². The second-order valence-electron chi connectivity index (χ2n) is 5.29. The number of hydrogen-bond donors (Lipinski definition) is 2. The molecule has 116 valence electrons. The maximum absolute atomic E-state index is 13.4. The van der Waals surface area contributed by atoms with Crippen molar-refractivity contribution < 1.29 is 8.78 Å². The van der Waals surface area contributed by atoms with E-state index in [9.17, 15) is 13.6 Å². The van der Waals surface area contributed by atoms with Crippen LogP contribution < -0.4 is 5.56 Å². The SMILES string of the molecule is N#Cc1ccc2[nH]c(-c3nc4cc(F)c(F)cc4[nH]c3=O)cc2c1. The molecular formula is C17H8F2N4O. The van der Waals surface area contributed by atoms with Crippen molar-refractivity contribution in [3.8, 4) is 17.5 Å². The molecule has 2 aromatic carbocycles. The molecule has 7 heteroatoms. The molecule has 0 bridgehead atoms. The van der Waals surface area contributed by atoms with Gasteiger partial charge < -0.3 is 9.97 Å². The van der Waals surface area contributed by atoms with Crippen LogP contribution in [0.2, 0.25) is 0 Å². The summed E-state index contributed by atoms with van der Waals surface area (Å²) < 4.78 is 26.6. The molecule has 0 aliphatic heterocycles. The Hall–Kier alpha value is -3.53. The predicted octanol–water partition coefficient (Wildman–Crippen LogP) is 3.22. The van der Waals surface area contributed by atoms with Crippen molar-refractivity contribution in [3.05, 3.63) is 63.9 Å². The summed E-state index contributed by atoms with van der Waals surface area (Å²) in [6.07, 6.45) is 0. The summed E-state index contributed by atoms with van der Waals surface area (Å²) in [7, 11) is 0. The average Bonchev–Trinajstić information content (AvgIpc) is 2.98. The molecule has 2 N–H and O–H groups in total. The Morgan fingerprint density at radius 2 is 1.79 bits per heavy atom. The van der Waals surface area contributed by atoms with Crippen LogP contribution in [-0.2, 0) is 0 Å². The van der Waals surface area contributed by atoms with E-state index in [2.05, 4.69) is 15.0 Å². The molecule has 0 aliphatic rings. The van der Waals surface area contributed by atoms with Crippen LogP contribution in [-0.4, -0.2) is 15.0 Å². The molecule has 0 spiro atoms. The van der Waals surface area contributed by atoms with Gasteiger partial charge in [-0.3, -0.25) is 4.79 Å². The zero-order valence-corrected chi connectivity index (χ0v) is 12.0. The lowest BCUT2D eigenvalue weighted by molar-refractivity contribution is 0.510. The number of halogens is 2. The van der Waals surface area contributed by atoms with Crippen molar-refractivity contribution in [1.82, 2.24) is 15.0 Å². The number of aromatic amines is 2. The van der Waals surface area contributed by atoms with Gasteiger partial charge in [0.15, 0.2) is 17.3 Å². The summed E-state index contributed by atoms with van der Waals surface area (Å²) >= 11 is 0. The molecule has 0 saturated heterocycles. The molecule has 2 heterocycles. The number of benzene rings is 2. The van der Waals surface area contributed by atoms with Crippen molar-refractivity contribution in [3.63, 3.8) is 0 Å². The van der Waals surface area contributed by atoms with Crippen molar-refractivity contribution in [1.29, 1.82) is 5.26 Å². The van der Waals surface area contributed by atoms with Crippen LogP contribution >= 0.6 is 0 Å². The first-order chi connectivity index (χ1) is 11.5. The number of rotatable bonds is 1. The molecule has 0 atom stereocenters. The van der Waals surface area contributed by atoms with Gasteiger partial charge >= 0.3 is 0 Å². The molecule has 0 amide bonds. The van der Waals surface area contributed by atoms with Gasteiger partial charge in [0.1, 0.15) is 0 Å². The average molecular weight is 322 g/mol. The summed E-state index contributed by atoms with van der Waals surface area (Å²) in [5, 5.41) is 9.68. The zero-order chi connectivity index (χ0) is 16.8. The van der Waals surface area contributed by atoms with Crippen LogP contribution in [0.25, 0.3) is 33.3 Å². The van der Waals surface area contributed by atoms with E-state index in [1.165, 1.54) is 0 Å². The minimum Gasteiger partial charge on any atom is -0.353 e. The van der Waals surface area contributed by atoms with Gasteiger partial charge in [0, 0.05) is 23.0 Å². The highest BCUT2D eigenvalue weighted by Crippen LogP contribution is 2.23. The molecule has 0 radical (unpaired) electrons. The minimum atomic E-state index is -1.05. The fraction of sp³-hybridized carbons (Fsp3) is 0. The van der Waals surface area contributed by atoms with Crippen molar-refractivity contribution >= 4 is 21.9 Å². The third-order valence-electron chi connectivity index (χ3n) is 3.74. The van der Waals surface area contributed by atoms with Gasteiger partial charge in [-0.05, 0) is 24.3 Å². The topological polar surface area (TPSA) is 85.3 Å². The first-order valence-electron chi connectivity index (χ1n) is 6.97. The van der Waals surface area contributed by atoms with Crippen molar-refractivity contribution in [2.45, 2.75) is 0 Å². The van der Waals surface area contributed by atoms with Gasteiger partial charge in [-0.1, -0.05) is 0 Å². The van der Waals surface area contributed by atoms with Gasteiger partial charge in [0.25, 0.3) is 5.56 Å². The van der Waals surface area contributed by atoms with E-state index in [0.717, 1.165) is 23.0 Å². The number of H-pyrrole nitrogens is 2. The molecule has 0 aliphatic carbocycles. The third-order valence-corrected chi connectivity index (χ3v) is 3.74. The smallest absolute Gasteiger partial charge is 0.276 e.